The first-order valence-electron chi connectivity index (χ1n) is 9.13. The Morgan fingerprint density at radius 1 is 0.967 bits per heavy atom. The lowest BCUT2D eigenvalue weighted by Crippen LogP contribution is -2.08. The molecule has 2 aromatic heterocycles. The van der Waals surface area contributed by atoms with Crippen LogP contribution in [-0.4, -0.2) is 29.1 Å². The van der Waals surface area contributed by atoms with Gasteiger partial charge in [0.15, 0.2) is 9.84 Å². The van der Waals surface area contributed by atoms with Crippen LogP contribution >= 0.6 is 0 Å². The number of rotatable bonds is 5. The van der Waals surface area contributed by atoms with Gasteiger partial charge in [-0.15, -0.1) is 0 Å². The van der Waals surface area contributed by atoms with Crippen molar-refractivity contribution in [3.8, 4) is 22.5 Å². The fourth-order valence-electron chi connectivity index (χ4n) is 2.98. The van der Waals surface area contributed by atoms with E-state index in [1.54, 1.807) is 12.1 Å². The monoisotopic (exact) mass is 434 g/mol. The van der Waals surface area contributed by atoms with Crippen LogP contribution in [0.5, 0.6) is 0 Å². The van der Waals surface area contributed by atoms with Gasteiger partial charge in [-0.3, -0.25) is 4.98 Å². The summed E-state index contributed by atoms with van der Waals surface area (Å²) >= 11 is 0. The van der Waals surface area contributed by atoms with E-state index in [0.29, 0.717) is 16.8 Å². The van der Waals surface area contributed by atoms with Gasteiger partial charge in [-0.25, -0.2) is 18.4 Å². The lowest BCUT2D eigenvalue weighted by molar-refractivity contribution is -0.141. The number of hydrogen-bond donors (Lipinski definition) is 1. The molecule has 0 unspecified atom stereocenters. The van der Waals surface area contributed by atoms with Crippen LogP contribution in [0.4, 0.5) is 19.0 Å². The molecular weight excluding hydrogens is 417 g/mol. The molecule has 2 N–H and O–H groups in total. The number of halogens is 3. The Balaban J connectivity index is 1.63. The SMILES string of the molecule is Nc1ncc(-c2ccc(S(=O)(=O)CC3CC3)cc2)nc1-c1ccc(C(F)(F)F)nc1. The maximum Gasteiger partial charge on any atom is 0.433 e. The highest BCUT2D eigenvalue weighted by atomic mass is 32.2. The van der Waals surface area contributed by atoms with E-state index < -0.39 is 21.7 Å². The van der Waals surface area contributed by atoms with Gasteiger partial charge < -0.3 is 5.73 Å². The maximum absolute atomic E-state index is 12.7. The van der Waals surface area contributed by atoms with Gasteiger partial charge in [-0.1, -0.05) is 12.1 Å². The molecule has 0 amide bonds. The summed E-state index contributed by atoms with van der Waals surface area (Å²) in [4.78, 5) is 12.1. The Bertz CT molecular complexity index is 1170. The van der Waals surface area contributed by atoms with Crippen LogP contribution in [0.2, 0.25) is 0 Å². The number of aromatic nitrogens is 3. The third kappa shape index (κ3) is 4.28. The zero-order valence-electron chi connectivity index (χ0n) is 15.6. The molecule has 10 heteroatoms. The van der Waals surface area contributed by atoms with Crippen LogP contribution in [0.1, 0.15) is 18.5 Å². The fraction of sp³-hybridized carbons (Fsp3) is 0.250. The summed E-state index contributed by atoms with van der Waals surface area (Å²) in [6, 6.07) is 8.36. The van der Waals surface area contributed by atoms with E-state index in [1.807, 2.05) is 0 Å². The second-order valence-corrected chi connectivity index (χ2v) is 9.20. The molecule has 30 heavy (non-hydrogen) atoms. The van der Waals surface area contributed by atoms with Crippen molar-refractivity contribution in [2.45, 2.75) is 23.9 Å². The third-order valence-corrected chi connectivity index (χ3v) is 6.69. The largest absolute Gasteiger partial charge is 0.433 e. The highest BCUT2D eigenvalue weighted by Gasteiger charge is 2.32. The first kappa shape index (κ1) is 20.3. The minimum Gasteiger partial charge on any atom is -0.382 e. The Kier molecular flexibility index (Phi) is 4.97. The van der Waals surface area contributed by atoms with Gasteiger partial charge in [0, 0.05) is 17.3 Å². The molecule has 1 aliphatic carbocycles. The molecule has 1 aliphatic rings. The highest BCUT2D eigenvalue weighted by molar-refractivity contribution is 7.91. The molecule has 1 saturated carbocycles. The zero-order chi connectivity index (χ0) is 21.5. The second-order valence-electron chi connectivity index (χ2n) is 7.17. The smallest absolute Gasteiger partial charge is 0.382 e. The van der Waals surface area contributed by atoms with Crippen molar-refractivity contribution in [1.29, 1.82) is 0 Å². The molecule has 1 aromatic carbocycles. The zero-order valence-corrected chi connectivity index (χ0v) is 16.4. The number of hydrogen-bond acceptors (Lipinski definition) is 6. The lowest BCUT2D eigenvalue weighted by Gasteiger charge is -2.10. The van der Waals surface area contributed by atoms with Gasteiger partial charge in [0.2, 0.25) is 0 Å². The van der Waals surface area contributed by atoms with E-state index >= 15 is 0 Å². The third-order valence-electron chi connectivity index (χ3n) is 4.79. The predicted octanol–water partition coefficient (Wildman–Crippen LogP) is 3.99. The molecule has 0 saturated heterocycles. The molecular formula is C20H17F3N4O2S. The molecule has 156 valence electrons. The Morgan fingerprint density at radius 3 is 2.20 bits per heavy atom. The molecule has 0 radical (unpaired) electrons. The summed E-state index contributed by atoms with van der Waals surface area (Å²) in [5, 5.41) is 0. The number of sulfone groups is 1. The molecule has 0 bridgehead atoms. The van der Waals surface area contributed by atoms with E-state index in [9.17, 15) is 21.6 Å². The van der Waals surface area contributed by atoms with Crippen molar-refractivity contribution in [2.75, 3.05) is 11.5 Å². The van der Waals surface area contributed by atoms with Gasteiger partial charge >= 0.3 is 6.18 Å². The first-order chi connectivity index (χ1) is 14.1. The van der Waals surface area contributed by atoms with E-state index in [2.05, 4.69) is 15.0 Å². The van der Waals surface area contributed by atoms with Gasteiger partial charge in [-0.05, 0) is 43.0 Å². The van der Waals surface area contributed by atoms with E-state index in [0.717, 1.165) is 25.1 Å². The van der Waals surface area contributed by atoms with Crippen molar-refractivity contribution in [3.63, 3.8) is 0 Å². The topological polar surface area (TPSA) is 98.8 Å². The lowest BCUT2D eigenvalue weighted by atomic mass is 10.1. The van der Waals surface area contributed by atoms with E-state index in [1.165, 1.54) is 24.4 Å². The summed E-state index contributed by atoms with van der Waals surface area (Å²) in [6.45, 7) is 0. The van der Waals surface area contributed by atoms with Crippen molar-refractivity contribution >= 4 is 15.7 Å². The maximum atomic E-state index is 12.7. The summed E-state index contributed by atoms with van der Waals surface area (Å²) in [6.07, 6.45) is -0.191. The number of pyridine rings is 1. The summed E-state index contributed by atoms with van der Waals surface area (Å²) < 4.78 is 62.9. The van der Waals surface area contributed by atoms with E-state index in [4.69, 9.17) is 5.73 Å². The van der Waals surface area contributed by atoms with Crippen molar-refractivity contribution < 1.29 is 21.6 Å². The quantitative estimate of drug-likeness (QED) is 0.652. The van der Waals surface area contributed by atoms with Gasteiger partial charge in [0.25, 0.3) is 0 Å². The van der Waals surface area contributed by atoms with Gasteiger partial charge in [0.05, 0.1) is 22.5 Å². The number of alkyl halides is 3. The van der Waals surface area contributed by atoms with Crippen LogP contribution in [0.15, 0.2) is 53.7 Å². The van der Waals surface area contributed by atoms with Crippen LogP contribution < -0.4 is 5.73 Å². The number of nitrogen functional groups attached to an aromatic ring is 1. The molecule has 0 spiro atoms. The number of anilines is 1. The summed E-state index contributed by atoms with van der Waals surface area (Å²) in [7, 11) is -3.33. The van der Waals surface area contributed by atoms with Crippen molar-refractivity contribution in [1.82, 2.24) is 15.0 Å². The average Bonchev–Trinajstić information content (AvgIpc) is 3.51. The summed E-state index contributed by atoms with van der Waals surface area (Å²) in [5.74, 6) is 0.445. The first-order valence-corrected chi connectivity index (χ1v) is 10.8. The molecule has 0 aliphatic heterocycles. The Labute approximate surface area is 170 Å². The van der Waals surface area contributed by atoms with Crippen LogP contribution in [0.25, 0.3) is 22.5 Å². The molecule has 3 aromatic rings. The van der Waals surface area contributed by atoms with Crippen molar-refractivity contribution in [3.05, 3.63) is 54.5 Å². The number of benzene rings is 1. The predicted molar refractivity (Wildman–Crippen MR) is 105 cm³/mol. The van der Waals surface area contributed by atoms with Gasteiger partial charge in [0.1, 0.15) is 17.2 Å². The average molecular weight is 434 g/mol. The molecule has 6 nitrogen and oxygen atoms in total. The van der Waals surface area contributed by atoms with Crippen LogP contribution in [0, 0.1) is 5.92 Å². The Hall–Kier alpha value is -3.01. The van der Waals surface area contributed by atoms with Crippen LogP contribution in [-0.2, 0) is 16.0 Å². The standard InChI is InChI=1S/C20H17F3N4O2S/c21-20(22,23)17-8-5-14(9-25-17)18-19(24)26-10-16(27-18)13-3-6-15(7-4-13)30(28,29)11-12-1-2-12/h3-10,12H,1-2,11H2,(H2,24,26). The number of nitrogens with two attached hydrogens (primary N) is 1. The van der Waals surface area contributed by atoms with Gasteiger partial charge in [-0.2, -0.15) is 13.2 Å². The second kappa shape index (κ2) is 7.35. The minimum atomic E-state index is -4.54. The fourth-order valence-corrected chi connectivity index (χ4v) is 4.67. The highest BCUT2D eigenvalue weighted by Crippen LogP contribution is 2.33. The molecule has 1 fully saturated rings. The van der Waals surface area contributed by atoms with Crippen molar-refractivity contribution in [2.24, 2.45) is 5.92 Å². The van der Waals surface area contributed by atoms with E-state index in [-0.39, 0.29) is 28.1 Å². The van der Waals surface area contributed by atoms with Crippen LogP contribution in [0.3, 0.4) is 0 Å². The molecule has 2 heterocycles. The number of nitrogens with zero attached hydrogens (tertiary/aromatic N) is 3. The molecule has 0 atom stereocenters. The molecule has 4 rings (SSSR count). The minimum absolute atomic E-state index is 0.0453. The Morgan fingerprint density at radius 2 is 1.63 bits per heavy atom. The normalized spacial score (nSPS) is 14.6. The summed E-state index contributed by atoms with van der Waals surface area (Å²) in [5.41, 5.74) is 6.33.